The third-order valence-electron chi connectivity index (χ3n) is 6.40. The van der Waals surface area contributed by atoms with Crippen molar-refractivity contribution in [2.75, 3.05) is 0 Å². The van der Waals surface area contributed by atoms with E-state index in [1.807, 2.05) is 88.8 Å². The summed E-state index contributed by atoms with van der Waals surface area (Å²) in [7, 11) is 1.94. The number of nitrogens with zero attached hydrogens (tertiary/aromatic N) is 3. The minimum Gasteiger partial charge on any atom is -0.479 e. The summed E-state index contributed by atoms with van der Waals surface area (Å²) in [6, 6.07) is 15.6. The van der Waals surface area contributed by atoms with E-state index in [1.165, 1.54) is 0 Å². The largest absolute Gasteiger partial charge is 0.479 e. The molecule has 6 nitrogen and oxygen atoms in total. The maximum atomic E-state index is 12.5. The van der Waals surface area contributed by atoms with Gasteiger partial charge in [-0.05, 0) is 82.1 Å². The molecule has 8 heteroatoms. The van der Waals surface area contributed by atoms with Crippen LogP contribution in [0.2, 0.25) is 5.02 Å². The summed E-state index contributed by atoms with van der Waals surface area (Å²) in [6.07, 6.45) is -1.14. The molecule has 0 radical (unpaired) electrons. The Bertz CT molecular complexity index is 1660. The van der Waals surface area contributed by atoms with Crippen molar-refractivity contribution in [2.45, 2.75) is 46.3 Å². The van der Waals surface area contributed by atoms with E-state index >= 15 is 0 Å². The van der Waals surface area contributed by atoms with Gasteiger partial charge in [0.25, 0.3) is 0 Å². The van der Waals surface area contributed by atoms with E-state index in [2.05, 4.69) is 11.2 Å². The molecule has 0 spiro atoms. The quantitative estimate of drug-likeness (QED) is 0.250. The van der Waals surface area contributed by atoms with Crippen molar-refractivity contribution in [3.8, 4) is 21.7 Å². The van der Waals surface area contributed by atoms with Crippen molar-refractivity contribution in [3.05, 3.63) is 70.4 Å². The molecule has 5 rings (SSSR count). The molecule has 0 fully saturated rings. The van der Waals surface area contributed by atoms with E-state index in [9.17, 15) is 9.90 Å². The lowest BCUT2D eigenvalue weighted by Crippen LogP contribution is -2.28. The molecule has 0 aliphatic heterocycles. The van der Waals surface area contributed by atoms with Crippen LogP contribution in [-0.4, -0.2) is 31.4 Å². The lowest BCUT2D eigenvalue weighted by atomic mass is 9.91. The number of thiazole rings is 1. The number of aliphatic carboxylic acids is 1. The van der Waals surface area contributed by atoms with Crippen molar-refractivity contribution in [3.63, 3.8) is 0 Å². The molecule has 0 saturated carbocycles. The number of carboxylic acids is 1. The van der Waals surface area contributed by atoms with Crippen LogP contribution in [0, 0.1) is 13.8 Å². The van der Waals surface area contributed by atoms with Crippen LogP contribution < -0.4 is 0 Å². The Morgan fingerprint density at radius 2 is 1.73 bits per heavy atom. The number of rotatable bonds is 5. The average molecular weight is 534 g/mol. The van der Waals surface area contributed by atoms with E-state index in [4.69, 9.17) is 21.3 Å². The highest BCUT2D eigenvalue weighted by molar-refractivity contribution is 7.22. The second-order valence-corrected chi connectivity index (χ2v) is 11.7. The maximum absolute atomic E-state index is 12.5. The van der Waals surface area contributed by atoms with Crippen LogP contribution in [-0.2, 0) is 16.6 Å². The van der Waals surface area contributed by atoms with Gasteiger partial charge in [-0.2, -0.15) is 5.10 Å². The molecule has 1 N–H and O–H groups in total. The summed E-state index contributed by atoms with van der Waals surface area (Å²) < 4.78 is 8.89. The highest BCUT2D eigenvalue weighted by Gasteiger charge is 2.32. The highest BCUT2D eigenvalue weighted by Crippen LogP contribution is 2.44. The number of aryl methyl sites for hydroxylation is 3. The van der Waals surface area contributed by atoms with Crippen LogP contribution in [0.4, 0.5) is 0 Å². The van der Waals surface area contributed by atoms with Crippen LogP contribution in [0.25, 0.3) is 42.8 Å². The predicted molar refractivity (Wildman–Crippen MR) is 150 cm³/mol. The molecule has 0 unspecified atom stereocenters. The number of aromatic nitrogens is 3. The average Bonchev–Trinajstić information content (AvgIpc) is 3.37. The number of hydrogen-bond acceptors (Lipinski definition) is 5. The standard InChI is InChI=1S/C29H28ClN3O3S/c1-15-13-22-26(37-27(31-22)18-9-12-21-20(14-18)16(2)33(6)32-21)24(17-7-10-19(30)11-8-17)23(15)25(28(34)35)36-29(3,4)5/h7-14,25H,1-6H3,(H,34,35)/t25-/m0/s1. The minimum absolute atomic E-state index is 0.611. The molecule has 2 aromatic heterocycles. The molecule has 0 amide bonds. The lowest BCUT2D eigenvalue weighted by molar-refractivity contribution is -0.160. The summed E-state index contributed by atoms with van der Waals surface area (Å²) >= 11 is 7.75. The molecule has 0 bridgehead atoms. The number of halogens is 1. The Morgan fingerprint density at radius 1 is 1.05 bits per heavy atom. The van der Waals surface area contributed by atoms with Gasteiger partial charge in [0.2, 0.25) is 0 Å². The fourth-order valence-corrected chi connectivity index (χ4v) is 5.87. The summed E-state index contributed by atoms with van der Waals surface area (Å²) in [4.78, 5) is 17.5. The summed E-state index contributed by atoms with van der Waals surface area (Å²) in [5, 5.41) is 17.4. The predicted octanol–water partition coefficient (Wildman–Crippen LogP) is 7.73. The molecule has 190 valence electrons. The third-order valence-corrected chi connectivity index (χ3v) is 7.78. The zero-order chi connectivity index (χ0) is 26.6. The first-order valence-corrected chi connectivity index (χ1v) is 13.2. The minimum atomic E-state index is -1.14. The summed E-state index contributed by atoms with van der Waals surface area (Å²) in [5.74, 6) is -1.03. The summed E-state index contributed by atoms with van der Waals surface area (Å²) in [6.45, 7) is 9.55. The molecular formula is C29H28ClN3O3S. The maximum Gasteiger partial charge on any atom is 0.337 e. The molecule has 0 saturated heterocycles. The van der Waals surface area contributed by atoms with Gasteiger partial charge in [-0.1, -0.05) is 23.7 Å². The van der Waals surface area contributed by atoms with Gasteiger partial charge >= 0.3 is 5.97 Å². The van der Waals surface area contributed by atoms with Gasteiger partial charge in [-0.25, -0.2) is 9.78 Å². The van der Waals surface area contributed by atoms with Gasteiger partial charge < -0.3 is 9.84 Å². The normalized spacial score (nSPS) is 12.9. The highest BCUT2D eigenvalue weighted by atomic mass is 35.5. The first kappa shape index (κ1) is 25.4. The van der Waals surface area contributed by atoms with Crippen LogP contribution in [0.15, 0.2) is 48.5 Å². The first-order valence-electron chi connectivity index (χ1n) is 12.0. The SMILES string of the molecule is Cc1cc2nc(-c3ccc4nn(C)c(C)c4c3)sc2c(-c2ccc(Cl)cc2)c1[C@H](OC(C)(C)C)C(=O)O. The lowest BCUT2D eigenvalue weighted by Gasteiger charge is -2.28. The van der Waals surface area contributed by atoms with E-state index in [-0.39, 0.29) is 0 Å². The molecule has 3 aromatic carbocycles. The number of carbonyl (C=O) groups is 1. The Kier molecular flexibility index (Phi) is 6.34. The second kappa shape index (κ2) is 9.24. The van der Waals surface area contributed by atoms with Crippen molar-refractivity contribution < 1.29 is 14.6 Å². The molecule has 5 aromatic rings. The molecule has 0 aliphatic carbocycles. The fourth-order valence-electron chi connectivity index (χ4n) is 4.62. The van der Waals surface area contributed by atoms with Crippen LogP contribution in [0.3, 0.4) is 0 Å². The smallest absolute Gasteiger partial charge is 0.337 e. The molecule has 1 atom stereocenters. The van der Waals surface area contributed by atoms with Crippen LogP contribution in [0.5, 0.6) is 0 Å². The Hall–Kier alpha value is -3.26. The van der Waals surface area contributed by atoms with Crippen LogP contribution >= 0.6 is 22.9 Å². The molecule has 0 aliphatic rings. The van der Waals surface area contributed by atoms with Crippen molar-refractivity contribution in [1.82, 2.24) is 14.8 Å². The fraction of sp³-hybridized carbons (Fsp3) is 0.276. The Labute approximate surface area is 224 Å². The van der Waals surface area contributed by atoms with E-state index in [0.717, 1.165) is 54.1 Å². The second-order valence-electron chi connectivity index (χ2n) is 10.2. The van der Waals surface area contributed by atoms with Crippen molar-refractivity contribution in [2.24, 2.45) is 7.05 Å². The van der Waals surface area contributed by atoms with Gasteiger partial charge in [0.15, 0.2) is 6.10 Å². The Morgan fingerprint density at radius 3 is 2.38 bits per heavy atom. The first-order chi connectivity index (χ1) is 17.4. The summed E-state index contributed by atoms with van der Waals surface area (Å²) in [5.41, 5.74) is 6.29. The van der Waals surface area contributed by atoms with E-state index in [1.54, 1.807) is 11.3 Å². The topological polar surface area (TPSA) is 77.2 Å². The number of carboxylic acid groups (broad SMARTS) is 1. The van der Waals surface area contributed by atoms with Crippen LogP contribution in [0.1, 0.15) is 43.7 Å². The van der Waals surface area contributed by atoms with E-state index < -0.39 is 17.7 Å². The molecule has 2 heterocycles. The van der Waals surface area contributed by atoms with Gasteiger partial charge in [0.1, 0.15) is 5.01 Å². The monoisotopic (exact) mass is 533 g/mol. The zero-order valence-electron chi connectivity index (χ0n) is 21.6. The third kappa shape index (κ3) is 4.75. The zero-order valence-corrected chi connectivity index (χ0v) is 23.2. The number of fused-ring (bicyclic) bond motifs is 2. The van der Waals surface area contributed by atoms with Crippen molar-refractivity contribution >= 4 is 50.0 Å². The van der Waals surface area contributed by atoms with Gasteiger partial charge in [-0.3, -0.25) is 4.68 Å². The molecular weight excluding hydrogens is 506 g/mol. The van der Waals surface area contributed by atoms with Gasteiger partial charge in [0.05, 0.1) is 21.3 Å². The number of hydrogen-bond donors (Lipinski definition) is 1. The Balaban J connectivity index is 1.78. The van der Waals surface area contributed by atoms with Gasteiger partial charge in [0, 0.05) is 39.8 Å². The van der Waals surface area contributed by atoms with E-state index in [0.29, 0.717) is 10.6 Å². The molecule has 37 heavy (non-hydrogen) atoms. The van der Waals surface area contributed by atoms with Gasteiger partial charge in [-0.15, -0.1) is 11.3 Å². The number of benzene rings is 3. The number of ether oxygens (including phenoxy) is 1. The van der Waals surface area contributed by atoms with Crippen molar-refractivity contribution in [1.29, 1.82) is 0 Å².